The molecule has 1 aliphatic rings. The van der Waals surface area contributed by atoms with Gasteiger partial charge in [-0.1, -0.05) is 59.6 Å². The molecule has 1 amide bonds. The molecule has 0 unspecified atom stereocenters. The molecule has 1 aliphatic heterocycles. The van der Waals surface area contributed by atoms with Crippen LogP contribution in [0, 0.1) is 0 Å². The highest BCUT2D eigenvalue weighted by atomic mass is 35.5. The lowest BCUT2D eigenvalue weighted by molar-refractivity contribution is -0.132. The largest absolute Gasteiger partial charge is 0.340 e. The second-order valence-electron chi connectivity index (χ2n) is 6.02. The van der Waals surface area contributed by atoms with Crippen LogP contribution in [0.2, 0.25) is 10.0 Å². The Bertz CT molecular complexity index is 678. The van der Waals surface area contributed by atoms with E-state index >= 15 is 0 Å². The van der Waals surface area contributed by atoms with Crippen LogP contribution in [0.5, 0.6) is 0 Å². The minimum Gasteiger partial charge on any atom is -0.340 e. The molecule has 0 bridgehead atoms. The summed E-state index contributed by atoms with van der Waals surface area (Å²) in [5.74, 6) is 0.191. The first kappa shape index (κ1) is 17.3. The van der Waals surface area contributed by atoms with Crippen molar-refractivity contribution in [1.82, 2.24) is 9.80 Å². The number of carbonyl (C=O) groups is 1. The Kier molecular flexibility index (Phi) is 5.77. The zero-order chi connectivity index (χ0) is 16.9. The minimum absolute atomic E-state index is 0.191. The Morgan fingerprint density at radius 1 is 0.875 bits per heavy atom. The molecule has 126 valence electrons. The van der Waals surface area contributed by atoms with Gasteiger partial charge in [0.25, 0.3) is 0 Å². The van der Waals surface area contributed by atoms with Crippen molar-refractivity contribution >= 4 is 29.1 Å². The maximum atomic E-state index is 12.4. The van der Waals surface area contributed by atoms with Gasteiger partial charge >= 0.3 is 0 Å². The first-order valence-corrected chi connectivity index (χ1v) is 8.86. The Morgan fingerprint density at radius 2 is 1.50 bits per heavy atom. The number of benzene rings is 2. The maximum absolute atomic E-state index is 12.4. The van der Waals surface area contributed by atoms with Gasteiger partial charge in [0.1, 0.15) is 0 Å². The quantitative estimate of drug-likeness (QED) is 0.823. The zero-order valence-electron chi connectivity index (χ0n) is 13.4. The molecule has 1 saturated heterocycles. The summed E-state index contributed by atoms with van der Waals surface area (Å²) in [5.41, 5.74) is 2.03. The van der Waals surface area contributed by atoms with Gasteiger partial charge in [0.2, 0.25) is 5.91 Å². The third-order valence-electron chi connectivity index (χ3n) is 4.37. The Labute approximate surface area is 152 Å². The fourth-order valence-corrected chi connectivity index (χ4v) is 3.46. The number of piperazine rings is 1. The molecule has 0 atom stereocenters. The molecule has 0 saturated carbocycles. The monoisotopic (exact) mass is 362 g/mol. The number of amides is 1. The van der Waals surface area contributed by atoms with Crippen molar-refractivity contribution in [3.05, 3.63) is 69.7 Å². The number of halogens is 2. The van der Waals surface area contributed by atoms with E-state index in [9.17, 15) is 4.79 Å². The minimum atomic E-state index is 0.191. The first-order valence-electron chi connectivity index (χ1n) is 8.10. The summed E-state index contributed by atoms with van der Waals surface area (Å²) < 4.78 is 0. The van der Waals surface area contributed by atoms with Crippen molar-refractivity contribution in [2.75, 3.05) is 26.2 Å². The molecular formula is C19H20Cl2N2O. The maximum Gasteiger partial charge on any atom is 0.227 e. The lowest BCUT2D eigenvalue weighted by atomic mass is 10.1. The predicted octanol–water partition coefficient (Wildman–Crippen LogP) is 3.88. The van der Waals surface area contributed by atoms with Crippen LogP contribution in [0.1, 0.15) is 11.1 Å². The number of hydrogen-bond donors (Lipinski definition) is 0. The summed E-state index contributed by atoms with van der Waals surface area (Å²) in [5, 5.41) is 1.40. The van der Waals surface area contributed by atoms with Crippen molar-refractivity contribution < 1.29 is 4.79 Å². The molecule has 2 aromatic rings. The third kappa shape index (κ3) is 4.29. The van der Waals surface area contributed by atoms with Gasteiger partial charge in [-0.3, -0.25) is 9.69 Å². The lowest BCUT2D eigenvalue weighted by Crippen LogP contribution is -2.48. The van der Waals surface area contributed by atoms with Gasteiger partial charge in [0.05, 0.1) is 6.42 Å². The molecule has 0 aromatic heterocycles. The summed E-state index contributed by atoms with van der Waals surface area (Å²) in [6, 6.07) is 15.5. The average molecular weight is 363 g/mol. The highest BCUT2D eigenvalue weighted by Gasteiger charge is 2.22. The van der Waals surface area contributed by atoms with Crippen LogP contribution >= 0.6 is 23.2 Å². The molecule has 2 aromatic carbocycles. The van der Waals surface area contributed by atoms with Crippen LogP contribution < -0.4 is 0 Å². The van der Waals surface area contributed by atoms with Crippen LogP contribution in [-0.4, -0.2) is 41.9 Å². The molecule has 3 rings (SSSR count). The molecule has 1 heterocycles. The fourth-order valence-electron chi connectivity index (χ4n) is 2.94. The van der Waals surface area contributed by atoms with E-state index in [2.05, 4.69) is 4.90 Å². The summed E-state index contributed by atoms with van der Waals surface area (Å²) in [6.07, 6.45) is 0.469. The van der Waals surface area contributed by atoms with E-state index in [1.165, 1.54) is 0 Å². The molecule has 0 spiro atoms. The molecule has 0 radical (unpaired) electrons. The van der Waals surface area contributed by atoms with Crippen molar-refractivity contribution in [2.45, 2.75) is 13.0 Å². The van der Waals surface area contributed by atoms with Crippen LogP contribution in [0.15, 0.2) is 48.5 Å². The molecule has 1 fully saturated rings. The summed E-state index contributed by atoms with van der Waals surface area (Å²) in [6.45, 7) is 3.88. The van der Waals surface area contributed by atoms with Gasteiger partial charge in [-0.2, -0.15) is 0 Å². The molecule has 3 nitrogen and oxygen atoms in total. The van der Waals surface area contributed by atoms with Crippen LogP contribution in [0.25, 0.3) is 0 Å². The van der Waals surface area contributed by atoms with Gasteiger partial charge in [-0.25, -0.2) is 0 Å². The van der Waals surface area contributed by atoms with E-state index in [0.717, 1.165) is 43.9 Å². The number of hydrogen-bond acceptors (Lipinski definition) is 2. The van der Waals surface area contributed by atoms with E-state index in [4.69, 9.17) is 23.2 Å². The van der Waals surface area contributed by atoms with Crippen molar-refractivity contribution in [1.29, 1.82) is 0 Å². The van der Waals surface area contributed by atoms with Gasteiger partial charge in [0.15, 0.2) is 0 Å². The Hall–Kier alpha value is -1.55. The molecule has 0 aliphatic carbocycles. The number of rotatable bonds is 4. The fraction of sp³-hybridized carbons (Fsp3) is 0.316. The van der Waals surface area contributed by atoms with Crippen LogP contribution in [-0.2, 0) is 17.8 Å². The predicted molar refractivity (Wildman–Crippen MR) is 98.5 cm³/mol. The van der Waals surface area contributed by atoms with E-state index < -0.39 is 0 Å². The highest BCUT2D eigenvalue weighted by Crippen LogP contribution is 2.26. The number of nitrogens with zero attached hydrogens (tertiary/aromatic N) is 2. The van der Waals surface area contributed by atoms with Gasteiger partial charge < -0.3 is 4.90 Å². The number of carbonyl (C=O) groups excluding carboxylic acids is 1. The first-order chi connectivity index (χ1) is 11.6. The summed E-state index contributed by atoms with van der Waals surface area (Å²) in [4.78, 5) is 16.6. The Balaban J connectivity index is 1.53. The van der Waals surface area contributed by atoms with Crippen molar-refractivity contribution in [3.8, 4) is 0 Å². The zero-order valence-corrected chi connectivity index (χ0v) is 14.9. The second-order valence-corrected chi connectivity index (χ2v) is 6.83. The van der Waals surface area contributed by atoms with E-state index in [0.29, 0.717) is 16.5 Å². The van der Waals surface area contributed by atoms with Crippen molar-refractivity contribution in [3.63, 3.8) is 0 Å². The molecule has 5 heteroatoms. The third-order valence-corrected chi connectivity index (χ3v) is 5.07. The van der Waals surface area contributed by atoms with Crippen LogP contribution in [0.3, 0.4) is 0 Å². The summed E-state index contributed by atoms with van der Waals surface area (Å²) in [7, 11) is 0. The topological polar surface area (TPSA) is 23.6 Å². The molecule has 0 N–H and O–H groups in total. The Morgan fingerprint density at radius 3 is 2.12 bits per heavy atom. The average Bonchev–Trinajstić information content (AvgIpc) is 2.60. The second kappa shape index (κ2) is 8.02. The molecule has 24 heavy (non-hydrogen) atoms. The van der Waals surface area contributed by atoms with E-state index in [1.54, 1.807) is 0 Å². The summed E-state index contributed by atoms with van der Waals surface area (Å²) >= 11 is 12.5. The van der Waals surface area contributed by atoms with Gasteiger partial charge in [-0.05, 0) is 17.7 Å². The molecular weight excluding hydrogens is 343 g/mol. The van der Waals surface area contributed by atoms with E-state index in [-0.39, 0.29) is 5.91 Å². The van der Waals surface area contributed by atoms with E-state index in [1.807, 2.05) is 53.4 Å². The van der Waals surface area contributed by atoms with Crippen molar-refractivity contribution in [2.24, 2.45) is 0 Å². The lowest BCUT2D eigenvalue weighted by Gasteiger charge is -2.35. The smallest absolute Gasteiger partial charge is 0.227 e. The normalized spacial score (nSPS) is 15.5. The highest BCUT2D eigenvalue weighted by molar-refractivity contribution is 6.35. The van der Waals surface area contributed by atoms with Gasteiger partial charge in [0, 0.05) is 48.3 Å². The van der Waals surface area contributed by atoms with Crippen LogP contribution in [0.4, 0.5) is 0 Å². The SMILES string of the molecule is O=C(Cc1ccccc1)N1CCN(Cc2c(Cl)cccc2Cl)CC1. The van der Waals surface area contributed by atoms with Gasteiger partial charge in [-0.15, -0.1) is 0 Å². The standard InChI is InChI=1S/C19H20Cl2N2O/c20-17-7-4-8-18(21)16(17)14-22-9-11-23(12-10-22)19(24)13-15-5-2-1-3-6-15/h1-8H,9-14H2.